The van der Waals surface area contributed by atoms with Crippen molar-refractivity contribution >= 4 is 17.6 Å². The number of likely N-dealkylation sites (tertiary alicyclic amines) is 1. The number of alkyl halides is 3. The van der Waals surface area contributed by atoms with Crippen molar-refractivity contribution in [1.29, 1.82) is 5.26 Å². The predicted molar refractivity (Wildman–Crippen MR) is 140 cm³/mol. The highest BCUT2D eigenvalue weighted by atomic mass is 19.4. The molecule has 4 atom stereocenters. The zero-order valence-corrected chi connectivity index (χ0v) is 22.2. The molecule has 2 aromatic rings. The van der Waals surface area contributed by atoms with Crippen LogP contribution in [0.15, 0.2) is 42.5 Å². The van der Waals surface area contributed by atoms with E-state index >= 15 is 0 Å². The van der Waals surface area contributed by atoms with Crippen LogP contribution in [0.4, 0.5) is 32.4 Å². The van der Waals surface area contributed by atoms with E-state index in [1.165, 1.54) is 6.07 Å². The summed E-state index contributed by atoms with van der Waals surface area (Å²) in [5.74, 6) is -3.76. The maximum absolute atomic E-state index is 13.8. The average Bonchev–Trinajstić information content (AvgIpc) is 3.52. The summed E-state index contributed by atoms with van der Waals surface area (Å²) in [5, 5.41) is 14.0. The van der Waals surface area contributed by atoms with E-state index < -0.39 is 35.8 Å². The molecule has 3 amide bonds. The monoisotopic (exact) mass is 575 g/mol. The Morgan fingerprint density at radius 2 is 1.93 bits per heavy atom. The smallest absolute Gasteiger partial charge is 0.344 e. The first-order chi connectivity index (χ1) is 19.5. The lowest BCUT2D eigenvalue weighted by Crippen LogP contribution is -2.49. The van der Waals surface area contributed by atoms with Gasteiger partial charge in [0.05, 0.1) is 11.6 Å². The molecule has 12 heteroatoms. The third-order valence-electron chi connectivity index (χ3n) is 8.67. The zero-order valence-electron chi connectivity index (χ0n) is 22.2. The number of anilines is 1. The van der Waals surface area contributed by atoms with Crippen molar-refractivity contribution < 1.29 is 31.5 Å². The van der Waals surface area contributed by atoms with Gasteiger partial charge in [0.1, 0.15) is 0 Å². The van der Waals surface area contributed by atoms with Gasteiger partial charge in [-0.25, -0.2) is 13.6 Å². The maximum Gasteiger partial charge on any atom is 0.471 e. The Morgan fingerprint density at radius 1 is 1.12 bits per heavy atom. The van der Waals surface area contributed by atoms with Crippen LogP contribution >= 0.6 is 0 Å². The Hall–Kier alpha value is -3.72. The van der Waals surface area contributed by atoms with Gasteiger partial charge in [-0.2, -0.15) is 18.4 Å². The fraction of sp³-hybridized carbons (Fsp3) is 0.483. The molecule has 1 saturated heterocycles. The number of carbonyl (C=O) groups is 2. The molecule has 2 saturated carbocycles. The number of amides is 3. The number of carbonyl (C=O) groups excluding carboxylic acids is 2. The molecule has 2 aliphatic carbocycles. The number of hydrogen-bond donors (Lipinski definition) is 2. The van der Waals surface area contributed by atoms with Crippen LogP contribution < -0.4 is 10.6 Å². The number of urea groups is 1. The van der Waals surface area contributed by atoms with Crippen LogP contribution in [0.2, 0.25) is 0 Å². The number of nitrogens with one attached hydrogen (secondary N) is 2. The highest BCUT2D eigenvalue weighted by molar-refractivity contribution is 5.89. The minimum absolute atomic E-state index is 0.0234. The number of halogens is 5. The molecule has 2 unspecified atom stereocenters. The van der Waals surface area contributed by atoms with E-state index in [4.69, 9.17) is 0 Å². The number of hydrogen-bond acceptors (Lipinski definition) is 4. The first kappa shape index (κ1) is 28.8. The minimum atomic E-state index is -4.95. The van der Waals surface area contributed by atoms with E-state index in [9.17, 15) is 36.8 Å². The van der Waals surface area contributed by atoms with Crippen molar-refractivity contribution in [2.24, 2.45) is 5.92 Å². The van der Waals surface area contributed by atoms with Gasteiger partial charge in [-0.05, 0) is 73.3 Å². The molecular weight excluding hydrogens is 545 g/mol. The lowest BCUT2D eigenvalue weighted by atomic mass is 9.80. The SMILES string of the molecule is N#Cc1cccc([C@]23CC[C@@H](N(CCN4CCC(NC(=O)C(F)(F)F)C4)C(=O)Nc4ccc(F)c(F)c4)CC2C3)c1. The number of fused-ring (bicyclic) bond motifs is 1. The Kier molecular flexibility index (Phi) is 7.92. The Bertz CT molecular complexity index is 1360. The molecule has 0 radical (unpaired) electrons. The summed E-state index contributed by atoms with van der Waals surface area (Å²) < 4.78 is 65.1. The van der Waals surface area contributed by atoms with Gasteiger partial charge in [0.15, 0.2) is 11.6 Å². The van der Waals surface area contributed by atoms with Gasteiger partial charge >= 0.3 is 18.1 Å². The van der Waals surface area contributed by atoms with Crippen molar-refractivity contribution in [3.05, 3.63) is 65.2 Å². The fourth-order valence-electron chi connectivity index (χ4n) is 6.43. The van der Waals surface area contributed by atoms with Crippen molar-refractivity contribution in [2.45, 2.75) is 55.8 Å². The van der Waals surface area contributed by atoms with Crippen LogP contribution in [-0.4, -0.2) is 66.2 Å². The van der Waals surface area contributed by atoms with Crippen molar-refractivity contribution in [1.82, 2.24) is 15.1 Å². The standard InChI is InChI=1S/C29H30F5N5O2/c30-24-5-4-21(14-25(24)31)37-27(41)39(11-10-38-9-7-22(17-38)36-26(40)29(32,33)34)23-6-8-28(15-20(28)13-23)19-3-1-2-18(12-19)16-35/h1-5,12,14,20,22-23H,6-11,13,15,17H2,(H,36,40)(H,37,41)/t20?,22?,23-,28-/m1/s1. The summed E-state index contributed by atoms with van der Waals surface area (Å²) in [7, 11) is 0. The highest BCUT2D eigenvalue weighted by Crippen LogP contribution is 2.62. The maximum atomic E-state index is 13.8. The molecule has 0 aromatic heterocycles. The number of benzene rings is 2. The Balaban J connectivity index is 1.26. The molecule has 218 valence electrons. The van der Waals surface area contributed by atoms with E-state index in [1.54, 1.807) is 11.0 Å². The molecular formula is C29H30F5N5O2. The largest absolute Gasteiger partial charge is 0.471 e. The molecule has 1 aliphatic heterocycles. The van der Waals surface area contributed by atoms with Crippen molar-refractivity contribution in [3.63, 3.8) is 0 Å². The highest BCUT2D eigenvalue weighted by Gasteiger charge is 2.58. The average molecular weight is 576 g/mol. The van der Waals surface area contributed by atoms with Gasteiger partial charge in [-0.15, -0.1) is 0 Å². The molecule has 0 spiro atoms. The topological polar surface area (TPSA) is 88.5 Å². The van der Waals surface area contributed by atoms with Crippen LogP contribution in [0.1, 0.15) is 43.2 Å². The van der Waals surface area contributed by atoms with E-state index in [1.807, 2.05) is 28.4 Å². The van der Waals surface area contributed by atoms with Crippen molar-refractivity contribution in [2.75, 3.05) is 31.5 Å². The third-order valence-corrected chi connectivity index (χ3v) is 8.67. The van der Waals surface area contributed by atoms with Gasteiger partial charge in [-0.3, -0.25) is 9.69 Å². The summed E-state index contributed by atoms with van der Waals surface area (Å²) >= 11 is 0. The molecule has 1 heterocycles. The molecule has 41 heavy (non-hydrogen) atoms. The first-order valence-electron chi connectivity index (χ1n) is 13.6. The van der Waals surface area contributed by atoms with Crippen LogP contribution in [0, 0.1) is 28.9 Å². The second kappa shape index (κ2) is 11.3. The van der Waals surface area contributed by atoms with Gasteiger partial charge in [0.25, 0.3) is 0 Å². The van der Waals surface area contributed by atoms with Crippen LogP contribution in [-0.2, 0) is 10.2 Å². The fourth-order valence-corrected chi connectivity index (χ4v) is 6.43. The third kappa shape index (κ3) is 6.30. The van der Waals surface area contributed by atoms with Gasteiger partial charge in [0, 0.05) is 50.0 Å². The minimum Gasteiger partial charge on any atom is -0.344 e. The van der Waals surface area contributed by atoms with E-state index in [-0.39, 0.29) is 30.2 Å². The second-order valence-corrected chi connectivity index (χ2v) is 11.2. The summed E-state index contributed by atoms with van der Waals surface area (Å²) in [4.78, 5) is 28.4. The normalized spacial score (nSPS) is 25.6. The summed E-state index contributed by atoms with van der Waals surface area (Å²) in [6.45, 7) is 1.34. The van der Waals surface area contributed by atoms with Crippen LogP contribution in [0.3, 0.4) is 0 Å². The van der Waals surface area contributed by atoms with E-state index in [0.29, 0.717) is 37.4 Å². The van der Waals surface area contributed by atoms with Gasteiger partial charge < -0.3 is 15.5 Å². The molecule has 2 aromatic carbocycles. The quantitative estimate of drug-likeness (QED) is 0.459. The molecule has 3 aliphatic rings. The zero-order chi connectivity index (χ0) is 29.4. The second-order valence-electron chi connectivity index (χ2n) is 11.2. The Morgan fingerprint density at radius 3 is 2.63 bits per heavy atom. The van der Waals surface area contributed by atoms with Crippen LogP contribution in [0.25, 0.3) is 0 Å². The van der Waals surface area contributed by atoms with Gasteiger partial charge in [0.2, 0.25) is 0 Å². The van der Waals surface area contributed by atoms with E-state index in [2.05, 4.69) is 11.4 Å². The Labute approximate surface area is 234 Å². The van der Waals surface area contributed by atoms with Crippen molar-refractivity contribution in [3.8, 4) is 6.07 Å². The first-order valence-corrected chi connectivity index (χ1v) is 13.6. The molecule has 7 nitrogen and oxygen atoms in total. The molecule has 2 N–H and O–H groups in total. The lowest BCUT2D eigenvalue weighted by molar-refractivity contribution is -0.174. The van der Waals surface area contributed by atoms with E-state index in [0.717, 1.165) is 37.0 Å². The predicted octanol–water partition coefficient (Wildman–Crippen LogP) is 4.93. The van der Waals surface area contributed by atoms with Crippen LogP contribution in [0.5, 0.6) is 0 Å². The number of rotatable bonds is 7. The molecule has 5 rings (SSSR count). The van der Waals surface area contributed by atoms with Gasteiger partial charge in [-0.1, -0.05) is 12.1 Å². The lowest BCUT2D eigenvalue weighted by Gasteiger charge is -2.37. The summed E-state index contributed by atoms with van der Waals surface area (Å²) in [6, 6.07) is 11.7. The molecule has 0 bridgehead atoms. The summed E-state index contributed by atoms with van der Waals surface area (Å²) in [6.07, 6.45) is -1.39. The molecule has 3 fully saturated rings. The number of nitrogens with zero attached hydrogens (tertiary/aromatic N) is 3. The number of nitriles is 1. The summed E-state index contributed by atoms with van der Waals surface area (Å²) in [5.41, 5.74) is 1.82.